The van der Waals surface area contributed by atoms with Crippen molar-refractivity contribution in [3.05, 3.63) is 12.1 Å². The average Bonchev–Trinajstić information content (AvgIpc) is 2.86. The first-order valence-electron chi connectivity index (χ1n) is 9.63. The molecule has 2 aliphatic heterocycles. The van der Waals surface area contributed by atoms with Gasteiger partial charge in [-0.3, -0.25) is 4.79 Å². The average molecular weight is 361 g/mol. The summed E-state index contributed by atoms with van der Waals surface area (Å²) in [6.07, 6.45) is 2.81. The van der Waals surface area contributed by atoms with Crippen LogP contribution in [0.25, 0.3) is 0 Å². The number of carbonyl (C=O) groups is 1. The fraction of sp³-hybridized carbons (Fsp3) is 0.737. The standard InChI is InChI=1S/C19H32N6O/c1-19(18(26)25-11-5-10-23(4)14-15-25)8-12-24(13-9-19)17-7-6-16(20-21-17)22(2)3/h6-7H,5,8-15H2,1-4H3. The Labute approximate surface area is 157 Å². The van der Waals surface area contributed by atoms with E-state index in [-0.39, 0.29) is 5.41 Å². The van der Waals surface area contributed by atoms with Crippen LogP contribution in [0, 0.1) is 5.41 Å². The number of piperidine rings is 1. The highest BCUT2D eigenvalue weighted by Crippen LogP contribution is 2.34. The molecule has 2 aliphatic rings. The Morgan fingerprint density at radius 3 is 2.38 bits per heavy atom. The molecule has 3 heterocycles. The van der Waals surface area contributed by atoms with Gasteiger partial charge >= 0.3 is 0 Å². The number of nitrogens with zero attached hydrogens (tertiary/aromatic N) is 6. The summed E-state index contributed by atoms with van der Waals surface area (Å²) in [5, 5.41) is 8.63. The van der Waals surface area contributed by atoms with E-state index in [9.17, 15) is 4.79 Å². The highest BCUT2D eigenvalue weighted by Gasteiger charge is 2.40. The lowest BCUT2D eigenvalue weighted by Gasteiger charge is -2.41. The summed E-state index contributed by atoms with van der Waals surface area (Å²) in [5.41, 5.74) is -0.254. The van der Waals surface area contributed by atoms with Gasteiger partial charge in [0.15, 0.2) is 11.6 Å². The Kier molecular flexibility index (Phi) is 5.65. The molecule has 0 atom stereocenters. The fourth-order valence-corrected chi connectivity index (χ4v) is 3.80. The molecule has 2 fully saturated rings. The molecule has 2 saturated heterocycles. The van der Waals surface area contributed by atoms with E-state index in [0.29, 0.717) is 5.91 Å². The van der Waals surface area contributed by atoms with Crippen LogP contribution >= 0.6 is 0 Å². The molecule has 7 nitrogen and oxygen atoms in total. The maximum Gasteiger partial charge on any atom is 0.228 e. The van der Waals surface area contributed by atoms with E-state index in [1.54, 1.807) is 0 Å². The molecule has 0 radical (unpaired) electrons. The predicted molar refractivity (Wildman–Crippen MR) is 105 cm³/mol. The zero-order valence-corrected chi connectivity index (χ0v) is 16.6. The van der Waals surface area contributed by atoms with Crippen LogP contribution < -0.4 is 9.80 Å². The van der Waals surface area contributed by atoms with Gasteiger partial charge < -0.3 is 19.6 Å². The van der Waals surface area contributed by atoms with E-state index in [1.165, 1.54) is 0 Å². The zero-order valence-electron chi connectivity index (χ0n) is 16.6. The molecular formula is C19H32N6O. The van der Waals surface area contributed by atoms with Gasteiger partial charge in [0.05, 0.1) is 0 Å². The van der Waals surface area contributed by atoms with Crippen molar-refractivity contribution in [2.75, 3.05) is 70.2 Å². The predicted octanol–water partition coefficient (Wildman–Crippen LogP) is 1.31. The minimum absolute atomic E-state index is 0.254. The quantitative estimate of drug-likeness (QED) is 0.810. The number of likely N-dealkylation sites (N-methyl/N-ethyl adjacent to an activating group) is 1. The maximum absolute atomic E-state index is 13.2. The van der Waals surface area contributed by atoms with E-state index in [4.69, 9.17) is 0 Å². The maximum atomic E-state index is 13.2. The third kappa shape index (κ3) is 4.09. The van der Waals surface area contributed by atoms with Gasteiger partial charge in [-0.2, -0.15) is 0 Å². The highest BCUT2D eigenvalue weighted by atomic mass is 16.2. The number of anilines is 2. The molecule has 0 N–H and O–H groups in total. The van der Waals surface area contributed by atoms with Gasteiger partial charge in [-0.05, 0) is 45.0 Å². The molecule has 7 heteroatoms. The Bertz CT molecular complexity index is 609. The van der Waals surface area contributed by atoms with Crippen LogP contribution in [-0.2, 0) is 4.79 Å². The summed E-state index contributed by atoms with van der Waals surface area (Å²) < 4.78 is 0. The molecule has 0 unspecified atom stereocenters. The van der Waals surface area contributed by atoms with Crippen molar-refractivity contribution in [2.45, 2.75) is 26.2 Å². The minimum atomic E-state index is -0.254. The summed E-state index contributed by atoms with van der Waals surface area (Å²) in [6.45, 7) is 7.64. The lowest BCUT2D eigenvalue weighted by molar-refractivity contribution is -0.142. The normalized spacial score (nSPS) is 21.4. The smallest absolute Gasteiger partial charge is 0.228 e. The number of carbonyl (C=O) groups excluding carboxylic acids is 1. The van der Waals surface area contributed by atoms with Gasteiger partial charge in [0.2, 0.25) is 5.91 Å². The molecule has 0 bridgehead atoms. The summed E-state index contributed by atoms with van der Waals surface area (Å²) in [5.74, 6) is 2.10. The second-order valence-electron chi connectivity index (χ2n) is 8.14. The van der Waals surface area contributed by atoms with Crippen molar-refractivity contribution in [1.29, 1.82) is 0 Å². The second-order valence-corrected chi connectivity index (χ2v) is 8.14. The highest BCUT2D eigenvalue weighted by molar-refractivity contribution is 5.82. The third-order valence-corrected chi connectivity index (χ3v) is 5.81. The Balaban J connectivity index is 1.60. The van der Waals surface area contributed by atoms with E-state index < -0.39 is 0 Å². The Hall–Kier alpha value is -1.89. The van der Waals surface area contributed by atoms with E-state index >= 15 is 0 Å². The topological polar surface area (TPSA) is 55.8 Å². The number of hydrogen-bond donors (Lipinski definition) is 0. The monoisotopic (exact) mass is 360 g/mol. The van der Waals surface area contributed by atoms with Crippen LogP contribution in [0.15, 0.2) is 12.1 Å². The van der Waals surface area contributed by atoms with E-state index in [0.717, 1.165) is 70.2 Å². The van der Waals surface area contributed by atoms with Gasteiger partial charge in [-0.1, -0.05) is 6.92 Å². The van der Waals surface area contributed by atoms with Gasteiger partial charge in [0.25, 0.3) is 0 Å². The second kappa shape index (κ2) is 7.78. The molecule has 1 aromatic rings. The molecule has 1 amide bonds. The van der Waals surface area contributed by atoms with Crippen LogP contribution in [0.2, 0.25) is 0 Å². The van der Waals surface area contributed by atoms with Crippen molar-refractivity contribution >= 4 is 17.5 Å². The summed E-state index contributed by atoms with van der Waals surface area (Å²) >= 11 is 0. The number of hydrogen-bond acceptors (Lipinski definition) is 6. The molecule has 26 heavy (non-hydrogen) atoms. The van der Waals surface area contributed by atoms with Gasteiger partial charge in [-0.15, -0.1) is 10.2 Å². The zero-order chi connectivity index (χ0) is 18.7. The molecule has 0 aliphatic carbocycles. The van der Waals surface area contributed by atoms with Crippen LogP contribution in [0.1, 0.15) is 26.2 Å². The SMILES string of the molecule is CN1CCCN(C(=O)C2(C)CCN(c3ccc(N(C)C)nn3)CC2)CC1. The molecule has 144 valence electrons. The molecule has 3 rings (SSSR count). The van der Waals surface area contributed by atoms with Crippen LogP contribution in [0.3, 0.4) is 0 Å². The number of aromatic nitrogens is 2. The third-order valence-electron chi connectivity index (χ3n) is 5.81. The minimum Gasteiger partial charge on any atom is -0.361 e. The molecule has 0 aromatic carbocycles. The summed E-state index contributed by atoms with van der Waals surface area (Å²) in [4.78, 5) is 21.7. The Morgan fingerprint density at radius 1 is 1.04 bits per heavy atom. The molecular weight excluding hydrogens is 328 g/mol. The van der Waals surface area contributed by atoms with Crippen molar-refractivity contribution < 1.29 is 4.79 Å². The first kappa shape index (κ1) is 18.9. The van der Waals surface area contributed by atoms with Crippen molar-refractivity contribution in [2.24, 2.45) is 5.41 Å². The van der Waals surface area contributed by atoms with E-state index in [1.807, 2.05) is 31.1 Å². The van der Waals surface area contributed by atoms with Crippen molar-refractivity contribution in [3.8, 4) is 0 Å². The molecule has 1 aromatic heterocycles. The largest absolute Gasteiger partial charge is 0.361 e. The lowest BCUT2D eigenvalue weighted by atomic mass is 9.79. The van der Waals surface area contributed by atoms with Crippen LogP contribution in [-0.4, -0.2) is 86.3 Å². The van der Waals surface area contributed by atoms with Crippen molar-refractivity contribution in [3.63, 3.8) is 0 Å². The van der Waals surface area contributed by atoms with Gasteiger partial charge in [0.1, 0.15) is 0 Å². The molecule has 0 saturated carbocycles. The van der Waals surface area contributed by atoms with Gasteiger partial charge in [-0.25, -0.2) is 0 Å². The van der Waals surface area contributed by atoms with Crippen LogP contribution in [0.4, 0.5) is 11.6 Å². The Morgan fingerprint density at radius 2 is 1.77 bits per heavy atom. The fourth-order valence-electron chi connectivity index (χ4n) is 3.80. The summed E-state index contributed by atoms with van der Waals surface area (Å²) in [6, 6.07) is 4.02. The van der Waals surface area contributed by atoms with Gasteiger partial charge in [0, 0.05) is 52.2 Å². The first-order valence-corrected chi connectivity index (χ1v) is 9.63. The van der Waals surface area contributed by atoms with E-state index in [2.05, 4.69) is 38.9 Å². The van der Waals surface area contributed by atoms with Crippen LogP contribution in [0.5, 0.6) is 0 Å². The molecule has 0 spiro atoms. The number of rotatable bonds is 3. The summed E-state index contributed by atoms with van der Waals surface area (Å²) in [7, 11) is 6.06. The first-order chi connectivity index (χ1) is 12.4. The lowest BCUT2D eigenvalue weighted by Crippen LogP contribution is -2.49. The number of amides is 1. The van der Waals surface area contributed by atoms with Crippen molar-refractivity contribution in [1.82, 2.24) is 20.0 Å².